The van der Waals surface area contributed by atoms with Gasteiger partial charge in [-0.1, -0.05) is 19.9 Å². The van der Waals surface area contributed by atoms with Gasteiger partial charge in [0.1, 0.15) is 5.56 Å². The maximum atomic E-state index is 12.5. The zero-order valence-corrected chi connectivity index (χ0v) is 18.9. The number of rotatable bonds is 8. The number of hydrogen-bond acceptors (Lipinski definition) is 6. The molecule has 0 spiro atoms. The van der Waals surface area contributed by atoms with Crippen LogP contribution >= 0.6 is 11.3 Å². The third-order valence-corrected chi connectivity index (χ3v) is 5.51. The van der Waals surface area contributed by atoms with Crippen molar-refractivity contribution in [1.82, 2.24) is 15.8 Å². The molecule has 0 saturated heterocycles. The summed E-state index contributed by atoms with van der Waals surface area (Å²) in [4.78, 5) is 40.7. The molecule has 2 amide bonds. The fraction of sp³-hybridized carbons (Fsp3) is 0.261. The molecule has 8 nitrogen and oxygen atoms in total. The number of amides is 2. The number of ether oxygens (including phenoxy) is 2. The second-order valence-electron chi connectivity index (χ2n) is 7.40. The quantitative estimate of drug-likeness (QED) is 0.450. The lowest BCUT2D eigenvalue weighted by Gasteiger charge is -2.13. The smallest absolute Gasteiger partial charge is 0.275 e. The molecule has 3 rings (SSSR count). The molecule has 0 unspecified atom stereocenters. The first-order valence-electron chi connectivity index (χ1n) is 10.1. The molecule has 2 aromatic heterocycles. The van der Waals surface area contributed by atoms with Gasteiger partial charge in [0.05, 0.1) is 24.3 Å². The number of nitrogens with one attached hydrogen (secondary N) is 3. The first-order chi connectivity index (χ1) is 15.4. The normalized spacial score (nSPS) is 10.6. The number of carbonyl (C=O) groups excluding carboxylic acids is 2. The van der Waals surface area contributed by atoms with Crippen LogP contribution in [0.2, 0.25) is 0 Å². The van der Waals surface area contributed by atoms with E-state index in [0.717, 1.165) is 11.3 Å². The van der Waals surface area contributed by atoms with E-state index in [1.54, 1.807) is 18.2 Å². The highest BCUT2D eigenvalue weighted by Crippen LogP contribution is 2.28. The molecule has 0 atom stereocenters. The number of aromatic amines is 1. The predicted molar refractivity (Wildman–Crippen MR) is 123 cm³/mol. The minimum Gasteiger partial charge on any atom is -0.493 e. The van der Waals surface area contributed by atoms with Crippen LogP contribution in [0.4, 0.5) is 0 Å². The molecule has 0 fully saturated rings. The van der Waals surface area contributed by atoms with Crippen LogP contribution in [0.15, 0.2) is 52.6 Å². The molecule has 2 heterocycles. The van der Waals surface area contributed by atoms with E-state index in [4.69, 9.17) is 9.47 Å². The Hall–Kier alpha value is -3.59. The average Bonchev–Trinajstić information content (AvgIpc) is 3.32. The summed E-state index contributed by atoms with van der Waals surface area (Å²) in [6, 6.07) is 11.5. The van der Waals surface area contributed by atoms with Gasteiger partial charge in [0.25, 0.3) is 17.4 Å². The van der Waals surface area contributed by atoms with Gasteiger partial charge in [-0.15, -0.1) is 11.3 Å². The number of thiophene rings is 1. The minimum atomic E-state index is -0.724. The van der Waals surface area contributed by atoms with Crippen molar-refractivity contribution < 1.29 is 19.1 Å². The second kappa shape index (κ2) is 10.6. The second-order valence-corrected chi connectivity index (χ2v) is 8.34. The molecule has 0 aliphatic carbocycles. The van der Waals surface area contributed by atoms with Crippen LogP contribution in [0.25, 0.3) is 10.6 Å². The maximum Gasteiger partial charge on any atom is 0.275 e. The zero-order chi connectivity index (χ0) is 23.1. The number of carbonyl (C=O) groups is 2. The number of benzene rings is 1. The summed E-state index contributed by atoms with van der Waals surface area (Å²) in [5, 5.41) is 1.89. The maximum absolute atomic E-state index is 12.5. The van der Waals surface area contributed by atoms with E-state index in [0.29, 0.717) is 29.7 Å². The molecular weight excluding hydrogens is 430 g/mol. The van der Waals surface area contributed by atoms with E-state index in [2.05, 4.69) is 29.7 Å². The number of aromatic nitrogens is 1. The number of H-pyrrole nitrogens is 1. The van der Waals surface area contributed by atoms with Crippen LogP contribution in [0.1, 0.15) is 41.0 Å². The van der Waals surface area contributed by atoms with Crippen molar-refractivity contribution in [1.29, 1.82) is 0 Å². The van der Waals surface area contributed by atoms with Crippen molar-refractivity contribution in [2.75, 3.05) is 13.7 Å². The fourth-order valence-corrected chi connectivity index (χ4v) is 3.52. The van der Waals surface area contributed by atoms with Crippen LogP contribution in [-0.4, -0.2) is 30.5 Å². The fourth-order valence-electron chi connectivity index (χ4n) is 2.81. The van der Waals surface area contributed by atoms with Gasteiger partial charge in [-0.25, -0.2) is 0 Å². The molecule has 9 heteroatoms. The van der Waals surface area contributed by atoms with Gasteiger partial charge in [-0.2, -0.15) is 0 Å². The minimum absolute atomic E-state index is 0.114. The SMILES string of the molecule is COc1cc(C(=O)NNC(=O)c2ccc(-c3cccs3)[nH]c2=O)ccc1OCCC(C)C. The van der Waals surface area contributed by atoms with Crippen molar-refractivity contribution in [3.05, 3.63) is 69.3 Å². The Kier molecular flexibility index (Phi) is 7.67. The highest BCUT2D eigenvalue weighted by Gasteiger charge is 2.15. The number of methoxy groups -OCH3 is 1. The Morgan fingerprint density at radius 1 is 1.06 bits per heavy atom. The van der Waals surface area contributed by atoms with E-state index in [1.807, 2.05) is 17.5 Å². The molecule has 0 aliphatic heterocycles. The van der Waals surface area contributed by atoms with E-state index in [-0.39, 0.29) is 11.1 Å². The van der Waals surface area contributed by atoms with Crippen molar-refractivity contribution >= 4 is 23.2 Å². The van der Waals surface area contributed by atoms with Crippen molar-refractivity contribution in [3.8, 4) is 22.1 Å². The predicted octanol–water partition coefficient (Wildman–Crippen LogP) is 3.61. The van der Waals surface area contributed by atoms with Crippen LogP contribution in [0.3, 0.4) is 0 Å². The van der Waals surface area contributed by atoms with E-state index in [9.17, 15) is 14.4 Å². The first kappa shape index (κ1) is 23.1. The molecule has 32 heavy (non-hydrogen) atoms. The zero-order valence-electron chi connectivity index (χ0n) is 18.1. The van der Waals surface area contributed by atoms with E-state index < -0.39 is 17.4 Å². The molecule has 3 aromatic rings. The average molecular weight is 456 g/mol. The lowest BCUT2D eigenvalue weighted by atomic mass is 10.1. The Morgan fingerprint density at radius 3 is 2.50 bits per heavy atom. The van der Waals surface area contributed by atoms with E-state index >= 15 is 0 Å². The standard InChI is InChI=1S/C23H25N3O5S/c1-14(2)10-11-31-18-9-6-15(13-19(18)30-3)21(27)25-26-23(29)16-7-8-17(24-22(16)28)20-5-4-12-32-20/h4-9,12-14H,10-11H2,1-3H3,(H,24,28)(H,25,27)(H,26,29). The summed E-state index contributed by atoms with van der Waals surface area (Å²) in [7, 11) is 1.49. The summed E-state index contributed by atoms with van der Waals surface area (Å²) >= 11 is 1.47. The molecule has 0 saturated carbocycles. The Labute approximate surface area is 189 Å². The van der Waals surface area contributed by atoms with Crippen LogP contribution in [0.5, 0.6) is 11.5 Å². The van der Waals surface area contributed by atoms with Gasteiger partial charge in [0.15, 0.2) is 11.5 Å². The molecule has 0 bridgehead atoms. The van der Waals surface area contributed by atoms with Crippen LogP contribution in [0, 0.1) is 5.92 Å². The summed E-state index contributed by atoms with van der Waals surface area (Å²) in [5.41, 5.74) is 4.79. The Balaban J connectivity index is 1.62. The van der Waals surface area contributed by atoms with Crippen molar-refractivity contribution in [2.45, 2.75) is 20.3 Å². The summed E-state index contributed by atoms with van der Waals surface area (Å²) in [5.74, 6) is 0.170. The highest BCUT2D eigenvalue weighted by molar-refractivity contribution is 7.13. The van der Waals surface area contributed by atoms with E-state index in [1.165, 1.54) is 30.6 Å². The highest BCUT2D eigenvalue weighted by atomic mass is 32.1. The first-order valence-corrected chi connectivity index (χ1v) is 11.0. The topological polar surface area (TPSA) is 110 Å². The van der Waals surface area contributed by atoms with Gasteiger partial charge in [0.2, 0.25) is 0 Å². The number of hydrogen-bond donors (Lipinski definition) is 3. The van der Waals surface area contributed by atoms with Gasteiger partial charge in [-0.05, 0) is 54.1 Å². The van der Waals surface area contributed by atoms with Crippen LogP contribution < -0.4 is 25.9 Å². The summed E-state index contributed by atoms with van der Waals surface area (Å²) in [6.45, 7) is 4.75. The van der Waals surface area contributed by atoms with Gasteiger partial charge >= 0.3 is 0 Å². The van der Waals surface area contributed by atoms with Crippen molar-refractivity contribution in [2.24, 2.45) is 5.92 Å². The molecule has 1 aromatic carbocycles. The third-order valence-electron chi connectivity index (χ3n) is 4.61. The van der Waals surface area contributed by atoms with Crippen molar-refractivity contribution in [3.63, 3.8) is 0 Å². The molecule has 0 aliphatic rings. The Bertz CT molecular complexity index is 1140. The lowest BCUT2D eigenvalue weighted by molar-refractivity contribution is 0.0845. The molecule has 0 radical (unpaired) electrons. The van der Waals surface area contributed by atoms with Gasteiger partial charge in [0, 0.05) is 5.56 Å². The molecular formula is C23H25N3O5S. The number of pyridine rings is 1. The summed E-state index contributed by atoms with van der Waals surface area (Å²) in [6.07, 6.45) is 0.894. The summed E-state index contributed by atoms with van der Waals surface area (Å²) < 4.78 is 11.0. The Morgan fingerprint density at radius 2 is 1.84 bits per heavy atom. The third kappa shape index (κ3) is 5.76. The van der Waals surface area contributed by atoms with Gasteiger partial charge in [-0.3, -0.25) is 25.2 Å². The number of hydrazine groups is 1. The molecule has 168 valence electrons. The van der Waals surface area contributed by atoms with Gasteiger partial charge < -0.3 is 14.5 Å². The largest absolute Gasteiger partial charge is 0.493 e. The lowest BCUT2D eigenvalue weighted by Crippen LogP contribution is -2.43. The van der Waals surface area contributed by atoms with Crippen LogP contribution in [-0.2, 0) is 0 Å². The molecule has 3 N–H and O–H groups in total. The monoisotopic (exact) mass is 455 g/mol.